The molecule has 1 amide bonds. The molecule has 4 rings (SSSR count). The molecule has 2 aromatic rings. The fraction of sp³-hybridized carbons (Fsp3) is 0.435. The molecule has 31 heavy (non-hydrogen) atoms. The van der Waals surface area contributed by atoms with E-state index in [0.717, 1.165) is 63.4 Å². The maximum atomic E-state index is 12.6. The normalized spacial score (nSPS) is 20.1. The Kier molecular flexibility index (Phi) is 7.11. The van der Waals surface area contributed by atoms with E-state index in [9.17, 15) is 9.59 Å². The zero-order valence-electron chi connectivity index (χ0n) is 17.6. The number of rotatable bonds is 6. The monoisotopic (exact) mass is 423 g/mol. The molecule has 8 heteroatoms. The van der Waals surface area contributed by atoms with E-state index in [1.807, 2.05) is 29.2 Å². The third kappa shape index (κ3) is 5.80. The molecule has 2 N–H and O–H groups in total. The smallest absolute Gasteiger partial charge is 0.271 e. The number of carbonyl (C=O) groups excluding carboxylic acids is 1. The second-order valence-corrected chi connectivity index (χ2v) is 7.95. The molecule has 2 aliphatic heterocycles. The van der Waals surface area contributed by atoms with Crippen LogP contribution in [0.5, 0.6) is 0 Å². The van der Waals surface area contributed by atoms with Crippen LogP contribution in [0.1, 0.15) is 12.8 Å². The summed E-state index contributed by atoms with van der Waals surface area (Å²) in [5.41, 5.74) is 2.27. The lowest BCUT2D eigenvalue weighted by Gasteiger charge is -2.33. The highest BCUT2D eigenvalue weighted by Gasteiger charge is 2.23. The summed E-state index contributed by atoms with van der Waals surface area (Å²) in [5.74, 6) is 0.0270. The summed E-state index contributed by atoms with van der Waals surface area (Å²) in [6.45, 7) is 5.40. The number of likely N-dealkylation sites (tertiary alicyclic amines) is 1. The van der Waals surface area contributed by atoms with Crippen LogP contribution in [0.25, 0.3) is 11.1 Å². The number of ether oxygens (including phenoxy) is 1. The van der Waals surface area contributed by atoms with Crippen LogP contribution in [0.4, 0.5) is 5.69 Å². The first-order chi connectivity index (χ1) is 15.2. The molecular weight excluding hydrogens is 394 g/mol. The Morgan fingerprint density at radius 2 is 2.03 bits per heavy atom. The number of hydrogen-bond acceptors (Lipinski definition) is 6. The molecule has 0 aromatic carbocycles. The van der Waals surface area contributed by atoms with Gasteiger partial charge in [0, 0.05) is 69.0 Å². The number of nitrogens with zero attached hydrogens (tertiary/aromatic N) is 3. The lowest BCUT2D eigenvalue weighted by Crippen LogP contribution is -2.45. The van der Waals surface area contributed by atoms with E-state index < -0.39 is 0 Å². The van der Waals surface area contributed by atoms with Gasteiger partial charge in [0.15, 0.2) is 0 Å². The molecule has 2 fully saturated rings. The number of piperidine rings is 1. The number of pyridine rings is 2. The maximum Gasteiger partial charge on any atom is 0.271 e. The zero-order valence-corrected chi connectivity index (χ0v) is 17.6. The average molecular weight is 424 g/mol. The molecule has 8 nitrogen and oxygen atoms in total. The predicted octanol–water partition coefficient (Wildman–Crippen LogP) is 1.73. The third-order valence-corrected chi connectivity index (χ3v) is 5.74. The summed E-state index contributed by atoms with van der Waals surface area (Å²) in [6.07, 6.45) is 10.6. The van der Waals surface area contributed by atoms with Crippen LogP contribution in [-0.2, 0) is 9.53 Å². The molecule has 0 saturated carbocycles. The van der Waals surface area contributed by atoms with Crippen LogP contribution < -0.4 is 10.9 Å². The molecule has 2 aliphatic rings. The standard InChI is InChI=1S/C23H29N5O3/c29-22(4-2-9-27-11-13-31-14-12-27)28-10-1-3-20(17-28)26-21-15-19(16-25-23(21)30)18-5-7-24-8-6-18/h2,4-8,15-16,20,26H,1,3,9-14,17H2,(H,25,30)/t20-/m1/s1. The molecule has 0 spiro atoms. The Balaban J connectivity index is 1.35. The van der Waals surface area contributed by atoms with Crippen molar-refractivity contribution >= 4 is 11.6 Å². The molecule has 0 unspecified atom stereocenters. The molecule has 2 saturated heterocycles. The minimum Gasteiger partial charge on any atom is -0.379 e. The topological polar surface area (TPSA) is 90.6 Å². The molecule has 4 heterocycles. The van der Waals surface area contributed by atoms with Gasteiger partial charge in [-0.1, -0.05) is 6.08 Å². The first kappa shape index (κ1) is 21.3. The van der Waals surface area contributed by atoms with Crippen molar-refractivity contribution < 1.29 is 9.53 Å². The number of hydrogen-bond donors (Lipinski definition) is 2. The number of nitrogens with one attached hydrogen (secondary N) is 2. The summed E-state index contributed by atoms with van der Waals surface area (Å²) in [5, 5.41) is 3.35. The molecule has 164 valence electrons. The summed E-state index contributed by atoms with van der Waals surface area (Å²) in [6, 6.07) is 5.71. The maximum absolute atomic E-state index is 12.6. The van der Waals surface area contributed by atoms with Crippen LogP contribution in [-0.4, -0.2) is 77.7 Å². The van der Waals surface area contributed by atoms with Crippen LogP contribution in [0, 0.1) is 0 Å². The highest BCUT2D eigenvalue weighted by molar-refractivity contribution is 5.87. The number of morpholine rings is 1. The minimum absolute atomic E-state index is 0.0270. The molecule has 0 aliphatic carbocycles. The van der Waals surface area contributed by atoms with Gasteiger partial charge in [-0.15, -0.1) is 0 Å². The van der Waals surface area contributed by atoms with Crippen molar-refractivity contribution in [3.63, 3.8) is 0 Å². The molecule has 0 bridgehead atoms. The Hall–Kier alpha value is -2.97. The first-order valence-corrected chi connectivity index (χ1v) is 10.8. The lowest BCUT2D eigenvalue weighted by molar-refractivity contribution is -0.127. The second-order valence-electron chi connectivity index (χ2n) is 7.95. The van der Waals surface area contributed by atoms with Gasteiger partial charge in [0.25, 0.3) is 5.56 Å². The van der Waals surface area contributed by atoms with E-state index in [2.05, 4.69) is 20.2 Å². The molecule has 0 radical (unpaired) electrons. The number of carbonyl (C=O) groups is 1. The van der Waals surface area contributed by atoms with E-state index in [4.69, 9.17) is 4.74 Å². The highest BCUT2D eigenvalue weighted by Crippen LogP contribution is 2.20. The van der Waals surface area contributed by atoms with Gasteiger partial charge in [0.05, 0.1) is 13.2 Å². The van der Waals surface area contributed by atoms with Crippen molar-refractivity contribution in [1.29, 1.82) is 0 Å². The first-order valence-electron chi connectivity index (χ1n) is 10.8. The van der Waals surface area contributed by atoms with E-state index in [1.165, 1.54) is 0 Å². The lowest BCUT2D eigenvalue weighted by atomic mass is 10.0. The van der Waals surface area contributed by atoms with Gasteiger partial charge in [-0.3, -0.25) is 19.5 Å². The number of aromatic amines is 1. The van der Waals surface area contributed by atoms with Crippen molar-refractivity contribution in [2.75, 3.05) is 51.3 Å². The number of aromatic nitrogens is 2. The van der Waals surface area contributed by atoms with Gasteiger partial charge in [-0.25, -0.2) is 0 Å². The SMILES string of the molecule is O=C(C=CCN1CCOCC1)N1CCC[C@@H](Nc2cc(-c3ccncc3)c[nH]c2=O)C1. The largest absolute Gasteiger partial charge is 0.379 e. The number of amides is 1. The highest BCUT2D eigenvalue weighted by atomic mass is 16.5. The second kappa shape index (κ2) is 10.4. The Morgan fingerprint density at radius 1 is 1.23 bits per heavy atom. The molecule has 2 aromatic heterocycles. The summed E-state index contributed by atoms with van der Waals surface area (Å²) in [7, 11) is 0. The number of anilines is 1. The Labute approximate surface area is 181 Å². The summed E-state index contributed by atoms with van der Waals surface area (Å²) < 4.78 is 5.35. The summed E-state index contributed by atoms with van der Waals surface area (Å²) in [4.78, 5) is 36.0. The Bertz CT molecular complexity index is 953. The van der Waals surface area contributed by atoms with Gasteiger partial charge < -0.3 is 19.9 Å². The van der Waals surface area contributed by atoms with Crippen LogP contribution >= 0.6 is 0 Å². The molecular formula is C23H29N5O3. The molecule has 1 atom stereocenters. The van der Waals surface area contributed by atoms with Crippen LogP contribution in [0.15, 0.2) is 53.7 Å². The fourth-order valence-corrected chi connectivity index (χ4v) is 4.01. The van der Waals surface area contributed by atoms with Crippen LogP contribution in [0.2, 0.25) is 0 Å². The van der Waals surface area contributed by atoms with Crippen molar-refractivity contribution in [2.45, 2.75) is 18.9 Å². The van der Waals surface area contributed by atoms with Crippen molar-refractivity contribution in [3.05, 3.63) is 59.3 Å². The van der Waals surface area contributed by atoms with Gasteiger partial charge in [-0.05, 0) is 36.6 Å². The predicted molar refractivity (Wildman–Crippen MR) is 120 cm³/mol. The van der Waals surface area contributed by atoms with Crippen molar-refractivity contribution in [3.8, 4) is 11.1 Å². The van der Waals surface area contributed by atoms with Gasteiger partial charge >= 0.3 is 0 Å². The quantitative estimate of drug-likeness (QED) is 0.688. The third-order valence-electron chi connectivity index (χ3n) is 5.74. The average Bonchev–Trinajstić information content (AvgIpc) is 2.82. The van der Waals surface area contributed by atoms with Gasteiger partial charge in [-0.2, -0.15) is 0 Å². The minimum atomic E-state index is -0.160. The number of H-pyrrole nitrogens is 1. The van der Waals surface area contributed by atoms with E-state index >= 15 is 0 Å². The van der Waals surface area contributed by atoms with Gasteiger partial charge in [0.1, 0.15) is 5.69 Å². The fourth-order valence-electron chi connectivity index (χ4n) is 4.01. The van der Waals surface area contributed by atoms with Crippen molar-refractivity contribution in [2.24, 2.45) is 0 Å². The van der Waals surface area contributed by atoms with E-state index in [1.54, 1.807) is 24.7 Å². The summed E-state index contributed by atoms with van der Waals surface area (Å²) >= 11 is 0. The van der Waals surface area contributed by atoms with E-state index in [0.29, 0.717) is 12.2 Å². The zero-order chi connectivity index (χ0) is 21.5. The van der Waals surface area contributed by atoms with Crippen LogP contribution in [0.3, 0.4) is 0 Å². The van der Waals surface area contributed by atoms with Crippen molar-refractivity contribution in [1.82, 2.24) is 19.8 Å². The Morgan fingerprint density at radius 3 is 2.84 bits per heavy atom. The van der Waals surface area contributed by atoms with Gasteiger partial charge in [0.2, 0.25) is 5.91 Å². The van der Waals surface area contributed by atoms with E-state index in [-0.39, 0.29) is 17.5 Å².